The molecule has 0 saturated heterocycles. The van der Waals surface area contributed by atoms with E-state index in [2.05, 4.69) is 65.2 Å². The van der Waals surface area contributed by atoms with Crippen LogP contribution in [0.3, 0.4) is 0 Å². The fourth-order valence-electron chi connectivity index (χ4n) is 2.62. The lowest BCUT2D eigenvalue weighted by Crippen LogP contribution is -2.42. The van der Waals surface area contributed by atoms with Crippen molar-refractivity contribution in [3.63, 3.8) is 0 Å². The Labute approximate surface area is 135 Å². The average Bonchev–Trinajstić information content (AvgIpc) is 2.97. The SMILES string of the molecule is CN=C(NCCCN(C(C)C)C(C)C)NCCn1cccc1. The van der Waals surface area contributed by atoms with Crippen molar-refractivity contribution in [2.45, 2.75) is 52.7 Å². The first-order valence-corrected chi connectivity index (χ1v) is 8.35. The Morgan fingerprint density at radius 1 is 1.05 bits per heavy atom. The van der Waals surface area contributed by atoms with E-state index in [0.717, 1.165) is 38.6 Å². The third-order valence-electron chi connectivity index (χ3n) is 3.76. The first-order chi connectivity index (χ1) is 10.5. The van der Waals surface area contributed by atoms with Gasteiger partial charge >= 0.3 is 0 Å². The molecule has 5 heteroatoms. The van der Waals surface area contributed by atoms with Crippen LogP contribution in [0.5, 0.6) is 0 Å². The van der Waals surface area contributed by atoms with Gasteiger partial charge in [-0.25, -0.2) is 0 Å². The first kappa shape index (κ1) is 18.6. The highest BCUT2D eigenvalue weighted by molar-refractivity contribution is 5.79. The first-order valence-electron chi connectivity index (χ1n) is 8.35. The minimum absolute atomic E-state index is 0.596. The Balaban J connectivity index is 2.18. The molecule has 1 heterocycles. The van der Waals surface area contributed by atoms with Gasteiger partial charge in [0.05, 0.1) is 0 Å². The minimum atomic E-state index is 0.596. The second-order valence-corrected chi connectivity index (χ2v) is 6.13. The van der Waals surface area contributed by atoms with E-state index in [0.29, 0.717) is 12.1 Å². The molecule has 22 heavy (non-hydrogen) atoms. The van der Waals surface area contributed by atoms with E-state index < -0.39 is 0 Å². The molecule has 0 aliphatic carbocycles. The summed E-state index contributed by atoms with van der Waals surface area (Å²) in [6.45, 7) is 12.9. The average molecular weight is 307 g/mol. The summed E-state index contributed by atoms with van der Waals surface area (Å²) in [5.74, 6) is 0.882. The van der Waals surface area contributed by atoms with Crippen molar-refractivity contribution in [2.24, 2.45) is 4.99 Å². The minimum Gasteiger partial charge on any atom is -0.356 e. The molecule has 0 fully saturated rings. The number of aliphatic imine (C=N–C) groups is 1. The van der Waals surface area contributed by atoms with E-state index in [9.17, 15) is 0 Å². The van der Waals surface area contributed by atoms with Gasteiger partial charge < -0.3 is 15.2 Å². The molecular formula is C17H33N5. The van der Waals surface area contributed by atoms with Gasteiger partial charge in [0.15, 0.2) is 5.96 Å². The molecular weight excluding hydrogens is 274 g/mol. The maximum absolute atomic E-state index is 4.27. The van der Waals surface area contributed by atoms with Gasteiger partial charge in [0, 0.05) is 57.7 Å². The molecule has 0 amide bonds. The number of hydrogen-bond acceptors (Lipinski definition) is 2. The molecule has 0 atom stereocenters. The van der Waals surface area contributed by atoms with Gasteiger partial charge in [-0.2, -0.15) is 0 Å². The molecule has 0 aromatic carbocycles. The largest absolute Gasteiger partial charge is 0.356 e. The van der Waals surface area contributed by atoms with Gasteiger partial charge in [0.2, 0.25) is 0 Å². The molecule has 0 radical (unpaired) electrons. The van der Waals surface area contributed by atoms with Gasteiger partial charge in [0.1, 0.15) is 0 Å². The molecule has 1 aromatic rings. The molecule has 2 N–H and O–H groups in total. The third-order valence-corrected chi connectivity index (χ3v) is 3.76. The number of nitrogens with one attached hydrogen (secondary N) is 2. The van der Waals surface area contributed by atoms with Crippen molar-refractivity contribution >= 4 is 5.96 Å². The van der Waals surface area contributed by atoms with Crippen LogP contribution in [-0.4, -0.2) is 54.2 Å². The highest BCUT2D eigenvalue weighted by Crippen LogP contribution is 2.05. The standard InChI is InChI=1S/C17H33N5/c1-15(2)22(16(3)4)13-8-9-19-17(18-5)20-10-14-21-11-6-7-12-21/h6-7,11-12,15-16H,8-10,13-14H2,1-5H3,(H2,18,19,20). The topological polar surface area (TPSA) is 44.6 Å². The number of hydrogen-bond donors (Lipinski definition) is 2. The zero-order valence-electron chi connectivity index (χ0n) is 14.8. The van der Waals surface area contributed by atoms with Gasteiger partial charge in [-0.15, -0.1) is 0 Å². The molecule has 0 unspecified atom stereocenters. The molecule has 0 aliphatic rings. The van der Waals surface area contributed by atoms with Crippen molar-refractivity contribution in [1.29, 1.82) is 0 Å². The lowest BCUT2D eigenvalue weighted by atomic mass is 10.2. The smallest absolute Gasteiger partial charge is 0.191 e. The maximum atomic E-state index is 4.27. The number of aromatic nitrogens is 1. The fourth-order valence-corrected chi connectivity index (χ4v) is 2.62. The molecule has 0 spiro atoms. The molecule has 0 aliphatic heterocycles. The van der Waals surface area contributed by atoms with Crippen LogP contribution in [-0.2, 0) is 6.54 Å². The molecule has 0 saturated carbocycles. The van der Waals surface area contributed by atoms with Crippen molar-refractivity contribution in [1.82, 2.24) is 20.1 Å². The summed E-state index contributed by atoms with van der Waals surface area (Å²) in [6.07, 6.45) is 5.27. The zero-order chi connectivity index (χ0) is 16.4. The summed E-state index contributed by atoms with van der Waals surface area (Å²) in [4.78, 5) is 6.78. The Hall–Kier alpha value is -1.49. The fraction of sp³-hybridized carbons (Fsp3) is 0.706. The summed E-state index contributed by atoms with van der Waals surface area (Å²) in [5, 5.41) is 6.73. The lowest BCUT2D eigenvalue weighted by Gasteiger charge is -2.30. The van der Waals surface area contributed by atoms with Crippen LogP contribution in [0.1, 0.15) is 34.1 Å². The summed E-state index contributed by atoms with van der Waals surface area (Å²) in [7, 11) is 1.82. The zero-order valence-corrected chi connectivity index (χ0v) is 14.8. The van der Waals surface area contributed by atoms with Crippen LogP contribution in [0, 0.1) is 0 Å². The second-order valence-electron chi connectivity index (χ2n) is 6.13. The van der Waals surface area contributed by atoms with Crippen LogP contribution in [0.25, 0.3) is 0 Å². The van der Waals surface area contributed by atoms with E-state index in [-0.39, 0.29) is 0 Å². The summed E-state index contributed by atoms with van der Waals surface area (Å²) < 4.78 is 2.16. The maximum Gasteiger partial charge on any atom is 0.191 e. The van der Waals surface area contributed by atoms with Gasteiger partial charge in [-0.3, -0.25) is 9.89 Å². The molecule has 0 bridgehead atoms. The van der Waals surface area contributed by atoms with E-state index in [1.807, 2.05) is 19.2 Å². The van der Waals surface area contributed by atoms with E-state index in [1.165, 1.54) is 0 Å². The normalized spacial score (nSPS) is 12.5. The quantitative estimate of drug-likeness (QED) is 0.417. The van der Waals surface area contributed by atoms with Crippen molar-refractivity contribution in [2.75, 3.05) is 26.7 Å². The van der Waals surface area contributed by atoms with Crippen LogP contribution in [0.4, 0.5) is 0 Å². The number of rotatable bonds is 9. The van der Waals surface area contributed by atoms with E-state index in [1.54, 1.807) is 0 Å². The van der Waals surface area contributed by atoms with Crippen LogP contribution < -0.4 is 10.6 Å². The Morgan fingerprint density at radius 2 is 1.64 bits per heavy atom. The Kier molecular flexibility index (Phi) is 8.67. The van der Waals surface area contributed by atoms with Gasteiger partial charge in [0.25, 0.3) is 0 Å². The molecule has 5 nitrogen and oxygen atoms in total. The predicted octanol–water partition coefficient (Wildman–Crippen LogP) is 2.16. The third kappa shape index (κ3) is 6.98. The van der Waals surface area contributed by atoms with Gasteiger partial charge in [-0.1, -0.05) is 0 Å². The number of nitrogens with zero attached hydrogens (tertiary/aromatic N) is 3. The van der Waals surface area contributed by atoms with Crippen molar-refractivity contribution < 1.29 is 0 Å². The molecule has 1 aromatic heterocycles. The summed E-state index contributed by atoms with van der Waals surface area (Å²) in [6, 6.07) is 5.28. The Morgan fingerprint density at radius 3 is 2.18 bits per heavy atom. The monoisotopic (exact) mass is 307 g/mol. The molecule has 1 rings (SSSR count). The van der Waals surface area contributed by atoms with Crippen molar-refractivity contribution in [3.05, 3.63) is 24.5 Å². The summed E-state index contributed by atoms with van der Waals surface area (Å²) >= 11 is 0. The Bertz CT molecular complexity index is 401. The van der Waals surface area contributed by atoms with Gasteiger partial charge in [-0.05, 0) is 46.2 Å². The lowest BCUT2D eigenvalue weighted by molar-refractivity contribution is 0.173. The van der Waals surface area contributed by atoms with Crippen LogP contribution >= 0.6 is 0 Å². The number of guanidine groups is 1. The van der Waals surface area contributed by atoms with Crippen LogP contribution in [0.15, 0.2) is 29.5 Å². The van der Waals surface area contributed by atoms with Crippen molar-refractivity contribution in [3.8, 4) is 0 Å². The second kappa shape index (κ2) is 10.3. The van der Waals surface area contributed by atoms with E-state index in [4.69, 9.17) is 0 Å². The van der Waals surface area contributed by atoms with E-state index >= 15 is 0 Å². The summed E-state index contributed by atoms with van der Waals surface area (Å²) in [5.41, 5.74) is 0. The molecule has 126 valence electrons. The highest BCUT2D eigenvalue weighted by Gasteiger charge is 2.12. The predicted molar refractivity (Wildman–Crippen MR) is 95.4 cm³/mol. The van der Waals surface area contributed by atoms with Crippen LogP contribution in [0.2, 0.25) is 0 Å². The highest BCUT2D eigenvalue weighted by atomic mass is 15.2.